The average Bonchev–Trinajstić information content (AvgIpc) is 3.02. The summed E-state index contributed by atoms with van der Waals surface area (Å²) in [5.41, 5.74) is 0.905. The molecule has 1 aromatic carbocycles. The lowest BCUT2D eigenvalue weighted by molar-refractivity contribution is 0.789. The smallest absolute Gasteiger partial charge is 0.247 e. The lowest BCUT2D eigenvalue weighted by atomic mass is 10.3. The summed E-state index contributed by atoms with van der Waals surface area (Å²) in [4.78, 5) is 4.16. The predicted octanol–water partition coefficient (Wildman–Crippen LogP) is 2.23. The van der Waals surface area contributed by atoms with E-state index in [0.717, 1.165) is 11.5 Å². The molecule has 8 heteroatoms. The normalized spacial score (nSPS) is 10.4. The molecular formula is C14H14ClN7. The van der Waals surface area contributed by atoms with Gasteiger partial charge in [-0.2, -0.15) is 4.68 Å². The van der Waals surface area contributed by atoms with Crippen molar-refractivity contribution < 1.29 is 0 Å². The standard InChI is InChI=1S/C14H14ClN7/c15-11-6-7-13(18-10-11)16-8-9-17-14-19-20-21-22(14)12-4-2-1-3-5-12/h1-7,10H,8-9H2,(H,16,18)(H,17,19,21). The van der Waals surface area contributed by atoms with Crippen molar-refractivity contribution in [1.29, 1.82) is 0 Å². The van der Waals surface area contributed by atoms with E-state index in [1.165, 1.54) is 0 Å². The highest BCUT2D eigenvalue weighted by atomic mass is 35.5. The fourth-order valence-electron chi connectivity index (χ4n) is 1.89. The maximum Gasteiger partial charge on any atom is 0.247 e. The van der Waals surface area contributed by atoms with Crippen molar-refractivity contribution in [1.82, 2.24) is 25.2 Å². The molecule has 7 nitrogen and oxygen atoms in total. The molecule has 0 unspecified atom stereocenters. The molecule has 0 aliphatic heterocycles. The number of nitrogens with zero attached hydrogens (tertiary/aromatic N) is 5. The highest BCUT2D eigenvalue weighted by Crippen LogP contribution is 2.11. The van der Waals surface area contributed by atoms with Gasteiger partial charge in [0.05, 0.1) is 10.7 Å². The van der Waals surface area contributed by atoms with Gasteiger partial charge in [0.25, 0.3) is 0 Å². The van der Waals surface area contributed by atoms with Gasteiger partial charge in [-0.25, -0.2) is 4.98 Å². The molecule has 0 amide bonds. The largest absolute Gasteiger partial charge is 0.368 e. The summed E-state index contributed by atoms with van der Waals surface area (Å²) in [5.74, 6) is 1.37. The summed E-state index contributed by atoms with van der Waals surface area (Å²) in [6, 6.07) is 13.3. The molecule has 0 aliphatic carbocycles. The number of hydrogen-bond donors (Lipinski definition) is 2. The molecule has 3 aromatic rings. The Bertz CT molecular complexity index is 712. The minimum Gasteiger partial charge on any atom is -0.368 e. The van der Waals surface area contributed by atoms with Crippen molar-refractivity contribution in [2.75, 3.05) is 23.7 Å². The molecule has 3 rings (SSSR count). The molecule has 0 aliphatic rings. The van der Waals surface area contributed by atoms with Crippen LogP contribution in [0.1, 0.15) is 0 Å². The van der Waals surface area contributed by atoms with Crippen LogP contribution in [0.25, 0.3) is 5.69 Å². The first-order valence-electron chi connectivity index (χ1n) is 6.76. The van der Waals surface area contributed by atoms with Crippen LogP contribution in [0.5, 0.6) is 0 Å². The number of hydrogen-bond acceptors (Lipinski definition) is 6. The summed E-state index contributed by atoms with van der Waals surface area (Å²) < 4.78 is 1.65. The summed E-state index contributed by atoms with van der Waals surface area (Å²) >= 11 is 5.79. The molecule has 0 radical (unpaired) electrons. The van der Waals surface area contributed by atoms with Gasteiger partial charge in [-0.05, 0) is 34.7 Å². The summed E-state index contributed by atoms with van der Waals surface area (Å²) in [6.07, 6.45) is 1.60. The van der Waals surface area contributed by atoms with E-state index >= 15 is 0 Å². The third-order valence-corrected chi connectivity index (χ3v) is 3.14. The fourth-order valence-corrected chi connectivity index (χ4v) is 2.00. The third-order valence-electron chi connectivity index (χ3n) is 2.91. The Morgan fingerprint density at radius 1 is 1.00 bits per heavy atom. The maximum atomic E-state index is 5.79. The number of aromatic nitrogens is 5. The van der Waals surface area contributed by atoms with Crippen LogP contribution in [-0.4, -0.2) is 38.3 Å². The maximum absolute atomic E-state index is 5.79. The highest BCUT2D eigenvalue weighted by Gasteiger charge is 2.06. The topological polar surface area (TPSA) is 80.5 Å². The number of rotatable bonds is 6. The second-order valence-corrected chi connectivity index (χ2v) is 4.90. The van der Waals surface area contributed by atoms with Crippen LogP contribution in [0.4, 0.5) is 11.8 Å². The fraction of sp³-hybridized carbons (Fsp3) is 0.143. The Labute approximate surface area is 132 Å². The third kappa shape index (κ3) is 3.50. The van der Waals surface area contributed by atoms with Gasteiger partial charge in [-0.1, -0.05) is 34.9 Å². The molecule has 0 fully saturated rings. The van der Waals surface area contributed by atoms with Gasteiger partial charge >= 0.3 is 0 Å². The molecule has 2 heterocycles. The van der Waals surface area contributed by atoms with Gasteiger partial charge in [0.15, 0.2) is 0 Å². The molecule has 22 heavy (non-hydrogen) atoms. The number of anilines is 2. The average molecular weight is 316 g/mol. The zero-order chi connectivity index (χ0) is 15.2. The van der Waals surface area contributed by atoms with Crippen LogP contribution < -0.4 is 10.6 Å². The number of para-hydroxylation sites is 1. The van der Waals surface area contributed by atoms with Crippen LogP contribution in [0.3, 0.4) is 0 Å². The molecule has 0 spiro atoms. The summed E-state index contributed by atoms with van der Waals surface area (Å²) in [5, 5.41) is 18.6. The first-order valence-corrected chi connectivity index (χ1v) is 7.14. The zero-order valence-corrected chi connectivity index (χ0v) is 12.4. The van der Waals surface area contributed by atoms with Crippen molar-refractivity contribution in [2.45, 2.75) is 0 Å². The Kier molecular flexibility index (Phi) is 4.45. The van der Waals surface area contributed by atoms with Crippen molar-refractivity contribution >= 4 is 23.4 Å². The van der Waals surface area contributed by atoms with E-state index in [9.17, 15) is 0 Å². The molecule has 2 N–H and O–H groups in total. The molecule has 0 saturated heterocycles. The van der Waals surface area contributed by atoms with E-state index in [4.69, 9.17) is 11.6 Å². The van der Waals surface area contributed by atoms with Gasteiger partial charge in [0, 0.05) is 19.3 Å². The Hall–Kier alpha value is -2.67. The second kappa shape index (κ2) is 6.86. The first kappa shape index (κ1) is 14.3. The van der Waals surface area contributed by atoms with Crippen molar-refractivity contribution in [3.8, 4) is 5.69 Å². The van der Waals surface area contributed by atoms with Gasteiger partial charge in [-0.3, -0.25) is 0 Å². The van der Waals surface area contributed by atoms with E-state index in [2.05, 4.69) is 31.1 Å². The van der Waals surface area contributed by atoms with Crippen LogP contribution in [0.2, 0.25) is 5.02 Å². The number of nitrogens with one attached hydrogen (secondary N) is 2. The van der Waals surface area contributed by atoms with E-state index < -0.39 is 0 Å². The van der Waals surface area contributed by atoms with Crippen LogP contribution in [0.15, 0.2) is 48.7 Å². The van der Waals surface area contributed by atoms with Gasteiger partial charge in [0.2, 0.25) is 5.95 Å². The Balaban J connectivity index is 1.54. The Morgan fingerprint density at radius 2 is 1.82 bits per heavy atom. The highest BCUT2D eigenvalue weighted by molar-refractivity contribution is 6.30. The number of benzene rings is 1. The molecule has 112 valence electrons. The van der Waals surface area contributed by atoms with E-state index in [-0.39, 0.29) is 0 Å². The minimum absolute atomic E-state index is 0.595. The van der Waals surface area contributed by atoms with Gasteiger partial charge < -0.3 is 10.6 Å². The number of pyridine rings is 1. The predicted molar refractivity (Wildman–Crippen MR) is 85.4 cm³/mol. The molecule has 2 aromatic heterocycles. The zero-order valence-electron chi connectivity index (χ0n) is 11.6. The lowest BCUT2D eigenvalue weighted by Gasteiger charge is -2.08. The Morgan fingerprint density at radius 3 is 2.59 bits per heavy atom. The van der Waals surface area contributed by atoms with Gasteiger partial charge in [-0.15, -0.1) is 0 Å². The molecule has 0 bridgehead atoms. The van der Waals surface area contributed by atoms with E-state index in [1.807, 2.05) is 36.4 Å². The molecular weight excluding hydrogens is 302 g/mol. The second-order valence-electron chi connectivity index (χ2n) is 4.47. The first-order chi connectivity index (χ1) is 10.8. The monoisotopic (exact) mass is 315 g/mol. The SMILES string of the molecule is Clc1ccc(NCCNc2nnnn2-c2ccccc2)nc1. The van der Waals surface area contributed by atoms with Crippen LogP contribution in [-0.2, 0) is 0 Å². The lowest BCUT2D eigenvalue weighted by Crippen LogP contribution is -2.16. The summed E-state index contributed by atoms with van der Waals surface area (Å²) in [7, 11) is 0. The van der Waals surface area contributed by atoms with Crippen molar-refractivity contribution in [3.05, 3.63) is 53.7 Å². The number of tetrazole rings is 1. The summed E-state index contributed by atoms with van der Waals surface area (Å²) in [6.45, 7) is 1.33. The molecule has 0 atom stereocenters. The quantitative estimate of drug-likeness (QED) is 0.679. The van der Waals surface area contributed by atoms with E-state index in [1.54, 1.807) is 16.9 Å². The van der Waals surface area contributed by atoms with E-state index in [0.29, 0.717) is 24.1 Å². The van der Waals surface area contributed by atoms with Gasteiger partial charge in [0.1, 0.15) is 5.82 Å². The minimum atomic E-state index is 0.595. The number of halogens is 1. The molecule has 0 saturated carbocycles. The van der Waals surface area contributed by atoms with Crippen LogP contribution >= 0.6 is 11.6 Å². The van der Waals surface area contributed by atoms with Crippen molar-refractivity contribution in [3.63, 3.8) is 0 Å². The van der Waals surface area contributed by atoms with Crippen LogP contribution in [0, 0.1) is 0 Å². The van der Waals surface area contributed by atoms with Crippen molar-refractivity contribution in [2.24, 2.45) is 0 Å².